The van der Waals surface area contributed by atoms with E-state index < -0.39 is 47.1 Å². The number of aliphatic carboxylic acids is 1. The normalized spacial score (nSPS) is 17.2. The Morgan fingerprint density at radius 2 is 1.61 bits per heavy atom. The molecular formula is C38H33F2N7O5S2. The zero-order valence-electron chi connectivity index (χ0n) is 28.9. The molecule has 0 bridgehead atoms. The van der Waals surface area contributed by atoms with E-state index in [1.54, 1.807) is 4.68 Å². The van der Waals surface area contributed by atoms with Crippen LogP contribution in [-0.2, 0) is 38.4 Å². The van der Waals surface area contributed by atoms with Crippen molar-refractivity contribution in [1.82, 2.24) is 19.9 Å². The Bertz CT molecular complexity index is 2130. The molecule has 1 saturated heterocycles. The number of carboxylic acid groups (broad SMARTS) is 1. The van der Waals surface area contributed by atoms with Crippen LogP contribution in [0.5, 0.6) is 0 Å². The van der Waals surface area contributed by atoms with Gasteiger partial charge in [-0.15, -0.1) is 27.8 Å². The summed E-state index contributed by atoms with van der Waals surface area (Å²) < 4.78 is 30.3. The van der Waals surface area contributed by atoms with Crippen molar-refractivity contribution in [3.63, 3.8) is 0 Å². The number of hydrogen-bond donors (Lipinski definition) is 2. The van der Waals surface area contributed by atoms with Crippen molar-refractivity contribution in [3.8, 4) is 0 Å². The van der Waals surface area contributed by atoms with E-state index >= 15 is 0 Å². The number of rotatable bonds is 13. The Morgan fingerprint density at radius 3 is 2.13 bits per heavy atom. The number of nitrogens with one attached hydrogen (secondary N) is 2. The number of anilines is 1. The van der Waals surface area contributed by atoms with Crippen LogP contribution in [0.2, 0.25) is 0 Å². The summed E-state index contributed by atoms with van der Waals surface area (Å²) in [6, 6.07) is 29.8. The lowest BCUT2D eigenvalue weighted by Crippen LogP contribution is -2.71. The lowest BCUT2D eigenvalue weighted by atomic mass is 9.77. The minimum atomic E-state index is -3.35. The number of carbonyl (C=O) groups is 3. The lowest BCUT2D eigenvalue weighted by Gasteiger charge is -2.50. The number of β-lactam (4-membered cyclic amide) rings is 1. The molecule has 3 aromatic carbocycles. The number of halogens is 2. The first-order valence-electron chi connectivity index (χ1n) is 16.7. The number of aromatic nitrogens is 3. The van der Waals surface area contributed by atoms with E-state index in [9.17, 15) is 28.3 Å². The standard InChI is InChI=1S/C38H33F2N7O5S2/c1-23-18-19-45(2)46(23)20-24-21-53-34-30(33(49)47(34)31(24)35(50)51)42-32(48)29(44-52-36(39)40)28-22-54-37(41-28)43-38(25-12-6-3-7-13-25,26-14-8-4-9-15-26)27-16-10-5-11-17-27/h3-19,22,30,34,36H,20-21H2,1-2H3,(H2-,41,42,43,48,50,51)/t30-,34-/m1/s1. The largest absolute Gasteiger partial charge is 0.543 e. The van der Waals surface area contributed by atoms with E-state index in [4.69, 9.17) is 0 Å². The molecule has 12 nitrogen and oxygen atoms in total. The van der Waals surface area contributed by atoms with Gasteiger partial charge in [0.2, 0.25) is 0 Å². The monoisotopic (exact) mass is 769 g/mol. The van der Waals surface area contributed by atoms with Crippen LogP contribution in [0.4, 0.5) is 13.9 Å². The molecule has 1 fully saturated rings. The molecule has 0 spiro atoms. The molecule has 2 aliphatic heterocycles. The van der Waals surface area contributed by atoms with Crippen molar-refractivity contribution in [2.45, 2.75) is 37.0 Å². The summed E-state index contributed by atoms with van der Waals surface area (Å²) in [5.74, 6) is -2.98. The number of thioether (sulfide) groups is 1. The van der Waals surface area contributed by atoms with Gasteiger partial charge in [0, 0.05) is 17.2 Å². The zero-order chi connectivity index (χ0) is 38.0. The molecule has 7 rings (SSSR count). The number of oxime groups is 1. The molecule has 54 heavy (non-hydrogen) atoms. The van der Waals surface area contributed by atoms with Crippen LogP contribution in [0.25, 0.3) is 0 Å². The van der Waals surface area contributed by atoms with Crippen LogP contribution in [0, 0.1) is 6.92 Å². The van der Waals surface area contributed by atoms with Gasteiger partial charge in [-0.2, -0.15) is 13.5 Å². The predicted octanol–water partition coefficient (Wildman–Crippen LogP) is 3.53. The van der Waals surface area contributed by atoms with Crippen molar-refractivity contribution in [3.05, 3.63) is 148 Å². The second-order valence-electron chi connectivity index (χ2n) is 12.5. The minimum Gasteiger partial charge on any atom is -0.543 e. The van der Waals surface area contributed by atoms with Crippen LogP contribution in [0.3, 0.4) is 0 Å². The summed E-state index contributed by atoms with van der Waals surface area (Å²) in [5.41, 5.74) is 2.10. The SMILES string of the molecule is Cc1cc[n+](C)n1CC1=C(C(=O)[O-])N2C(=O)[C@@H](NC(=O)C(=NOC(F)F)c3csc(NC(c4ccccc4)(c4ccccc4)c4ccccc4)n3)[C@H]2SC1. The Kier molecular flexibility index (Phi) is 10.3. The molecule has 2 aliphatic rings. The Labute approximate surface area is 316 Å². The van der Waals surface area contributed by atoms with E-state index in [0.29, 0.717) is 10.7 Å². The van der Waals surface area contributed by atoms with E-state index in [-0.39, 0.29) is 23.7 Å². The number of fused-ring (bicyclic) bond motifs is 1. The van der Waals surface area contributed by atoms with E-state index in [2.05, 4.69) is 25.6 Å². The van der Waals surface area contributed by atoms with Gasteiger partial charge in [-0.1, -0.05) is 96.2 Å². The average molecular weight is 770 g/mol. The number of carbonyl (C=O) groups excluding carboxylic acids is 3. The smallest absolute Gasteiger partial charge is 0.407 e. The van der Waals surface area contributed by atoms with Crippen LogP contribution < -0.4 is 20.4 Å². The Hall–Kier alpha value is -5.87. The summed E-state index contributed by atoms with van der Waals surface area (Å²) in [7, 11) is 1.82. The Balaban J connectivity index is 1.17. The van der Waals surface area contributed by atoms with Gasteiger partial charge >= 0.3 is 6.61 Å². The van der Waals surface area contributed by atoms with Crippen molar-refractivity contribution in [1.29, 1.82) is 0 Å². The highest BCUT2D eigenvalue weighted by Crippen LogP contribution is 2.42. The topological polar surface area (TPSA) is 145 Å². The maximum absolute atomic E-state index is 13.8. The third-order valence-electron chi connectivity index (χ3n) is 9.29. The van der Waals surface area contributed by atoms with E-state index in [1.807, 2.05) is 122 Å². The van der Waals surface area contributed by atoms with Crippen molar-refractivity contribution >= 4 is 51.7 Å². The van der Waals surface area contributed by atoms with Crippen LogP contribution in [0.15, 0.2) is 125 Å². The Morgan fingerprint density at radius 1 is 1.02 bits per heavy atom. The van der Waals surface area contributed by atoms with Crippen molar-refractivity contribution < 1.29 is 37.8 Å². The maximum atomic E-state index is 13.8. The predicted molar refractivity (Wildman–Crippen MR) is 196 cm³/mol. The summed E-state index contributed by atoms with van der Waals surface area (Å²) in [4.78, 5) is 49.5. The summed E-state index contributed by atoms with van der Waals surface area (Å²) in [6.45, 7) is -1.26. The molecule has 2 aromatic heterocycles. The van der Waals surface area contributed by atoms with Gasteiger partial charge in [0.25, 0.3) is 11.8 Å². The van der Waals surface area contributed by atoms with Gasteiger partial charge in [-0.05, 0) is 29.2 Å². The molecule has 16 heteroatoms. The van der Waals surface area contributed by atoms with Gasteiger partial charge in [-0.25, -0.2) is 4.98 Å². The first-order valence-corrected chi connectivity index (χ1v) is 18.6. The summed E-state index contributed by atoms with van der Waals surface area (Å²) in [5, 5.41) is 22.9. The molecular weight excluding hydrogens is 737 g/mol. The number of benzene rings is 3. The molecule has 0 aliphatic carbocycles. The highest BCUT2D eigenvalue weighted by atomic mass is 32.2. The first kappa shape index (κ1) is 36.5. The van der Waals surface area contributed by atoms with Gasteiger partial charge < -0.3 is 25.4 Å². The summed E-state index contributed by atoms with van der Waals surface area (Å²) >= 11 is 2.38. The molecule has 2 atom stereocenters. The second kappa shape index (κ2) is 15.2. The molecule has 4 heterocycles. The zero-order valence-corrected chi connectivity index (χ0v) is 30.5. The van der Waals surface area contributed by atoms with Crippen LogP contribution >= 0.6 is 23.1 Å². The van der Waals surface area contributed by atoms with Crippen molar-refractivity contribution in [2.75, 3.05) is 11.1 Å². The average Bonchev–Trinajstić information content (AvgIpc) is 3.78. The molecule has 0 radical (unpaired) electrons. The second-order valence-corrected chi connectivity index (χ2v) is 14.5. The highest BCUT2D eigenvalue weighted by molar-refractivity contribution is 8.00. The molecule has 276 valence electrons. The highest BCUT2D eigenvalue weighted by Gasteiger charge is 2.53. The third kappa shape index (κ3) is 6.85. The number of carboxylic acids is 1. The number of thiazole rings is 1. The van der Waals surface area contributed by atoms with Gasteiger partial charge in [0.05, 0.1) is 17.4 Å². The molecule has 2 amide bonds. The van der Waals surface area contributed by atoms with Crippen LogP contribution in [-0.4, -0.2) is 61.8 Å². The van der Waals surface area contributed by atoms with Crippen LogP contribution in [0.1, 0.15) is 28.1 Å². The van der Waals surface area contributed by atoms with Gasteiger partial charge in [-0.3, -0.25) is 14.5 Å². The number of aryl methyl sites for hydroxylation is 2. The molecule has 0 saturated carbocycles. The maximum Gasteiger partial charge on any atom is 0.407 e. The molecule has 2 N–H and O–H groups in total. The minimum absolute atomic E-state index is 0.0868. The fourth-order valence-electron chi connectivity index (χ4n) is 6.73. The first-order chi connectivity index (χ1) is 26.1. The van der Waals surface area contributed by atoms with E-state index in [0.717, 1.165) is 38.6 Å². The number of hydrogen-bond acceptors (Lipinski definition) is 10. The summed E-state index contributed by atoms with van der Waals surface area (Å²) in [6.07, 6.45) is 1.83. The molecule has 0 unspecified atom stereocenters. The van der Waals surface area contributed by atoms with Gasteiger partial charge in [0.1, 0.15) is 29.2 Å². The van der Waals surface area contributed by atoms with E-state index in [1.165, 1.54) is 17.1 Å². The fraction of sp³-hybridized carbons (Fsp3) is 0.211. The number of amides is 2. The lowest BCUT2D eigenvalue weighted by molar-refractivity contribution is -0.753. The van der Waals surface area contributed by atoms with Crippen molar-refractivity contribution in [2.24, 2.45) is 12.2 Å². The number of nitrogens with zero attached hydrogens (tertiary/aromatic N) is 5. The quantitative estimate of drug-likeness (QED) is 0.0609. The number of alkyl halides is 2. The molecule has 5 aromatic rings. The van der Waals surface area contributed by atoms with Gasteiger partial charge in [0.15, 0.2) is 24.1 Å². The third-order valence-corrected chi connectivity index (χ3v) is 11.4. The fourth-order valence-corrected chi connectivity index (χ4v) is 8.82.